The molecule has 2 N–H and O–H groups in total. The second-order valence-electron chi connectivity index (χ2n) is 3.99. The first kappa shape index (κ1) is 14.7. The van der Waals surface area contributed by atoms with E-state index in [-0.39, 0.29) is 12.3 Å². The van der Waals surface area contributed by atoms with Crippen molar-refractivity contribution in [2.45, 2.75) is 25.7 Å². The largest absolute Gasteiger partial charge is 0.396 e. The number of non-ortho nitro benzene ring substituents is 1. The summed E-state index contributed by atoms with van der Waals surface area (Å²) in [6, 6.07) is 4.39. The number of hydrogen-bond donors (Lipinski definition) is 2. The van der Waals surface area contributed by atoms with E-state index in [0.29, 0.717) is 10.7 Å². The fraction of sp³-hybridized carbons (Fsp3) is 0.500. The summed E-state index contributed by atoms with van der Waals surface area (Å²) in [6.45, 7) is 1.00. The van der Waals surface area contributed by atoms with Crippen molar-refractivity contribution in [1.82, 2.24) is 0 Å². The van der Waals surface area contributed by atoms with Gasteiger partial charge in [-0.3, -0.25) is 10.1 Å². The van der Waals surface area contributed by atoms with Crippen LogP contribution in [0.2, 0.25) is 5.02 Å². The summed E-state index contributed by atoms with van der Waals surface area (Å²) in [5.74, 6) is 0. The van der Waals surface area contributed by atoms with E-state index in [1.807, 2.05) is 0 Å². The molecule has 1 aromatic carbocycles. The molecule has 0 aliphatic rings. The average Bonchev–Trinajstić information content (AvgIpc) is 2.35. The van der Waals surface area contributed by atoms with Crippen molar-refractivity contribution in [1.29, 1.82) is 0 Å². The van der Waals surface area contributed by atoms with Gasteiger partial charge in [0, 0.05) is 25.3 Å². The lowest BCUT2D eigenvalue weighted by atomic mass is 10.2. The number of rotatable bonds is 8. The predicted octanol–water partition coefficient (Wildman–Crippen LogP) is 3.21. The van der Waals surface area contributed by atoms with Crippen molar-refractivity contribution in [3.05, 3.63) is 33.3 Å². The van der Waals surface area contributed by atoms with E-state index in [9.17, 15) is 10.1 Å². The summed E-state index contributed by atoms with van der Waals surface area (Å²) in [4.78, 5) is 10.1. The Morgan fingerprint density at radius 3 is 2.61 bits per heavy atom. The van der Waals surface area contributed by atoms with Gasteiger partial charge in [0.1, 0.15) is 0 Å². The number of nitrogens with zero attached hydrogens (tertiary/aromatic N) is 1. The van der Waals surface area contributed by atoms with Crippen molar-refractivity contribution in [3.8, 4) is 0 Å². The van der Waals surface area contributed by atoms with E-state index in [1.54, 1.807) is 6.07 Å². The zero-order valence-corrected chi connectivity index (χ0v) is 10.8. The van der Waals surface area contributed by atoms with Gasteiger partial charge in [0.25, 0.3) is 5.69 Å². The van der Waals surface area contributed by atoms with Gasteiger partial charge in [-0.1, -0.05) is 24.4 Å². The second kappa shape index (κ2) is 7.89. The van der Waals surface area contributed by atoms with Crippen LogP contribution in [0.15, 0.2) is 18.2 Å². The van der Waals surface area contributed by atoms with Crippen LogP contribution >= 0.6 is 11.6 Å². The Bertz CT molecular complexity index is 399. The van der Waals surface area contributed by atoms with Gasteiger partial charge in [-0.05, 0) is 18.9 Å². The molecule has 18 heavy (non-hydrogen) atoms. The highest BCUT2D eigenvalue weighted by molar-refractivity contribution is 6.33. The number of anilines is 1. The molecular formula is C12H17ClN2O3. The van der Waals surface area contributed by atoms with Crippen molar-refractivity contribution in [2.24, 2.45) is 0 Å². The van der Waals surface area contributed by atoms with Gasteiger partial charge >= 0.3 is 0 Å². The molecule has 1 aromatic rings. The summed E-state index contributed by atoms with van der Waals surface area (Å²) in [5.41, 5.74) is 0.706. The highest BCUT2D eigenvalue weighted by atomic mass is 35.5. The van der Waals surface area contributed by atoms with E-state index in [2.05, 4.69) is 5.32 Å². The Morgan fingerprint density at radius 2 is 2.00 bits per heavy atom. The molecular weight excluding hydrogens is 256 g/mol. The van der Waals surface area contributed by atoms with Crippen LogP contribution in [0.1, 0.15) is 25.7 Å². The maximum Gasteiger partial charge on any atom is 0.271 e. The lowest BCUT2D eigenvalue weighted by molar-refractivity contribution is -0.384. The van der Waals surface area contributed by atoms with Gasteiger partial charge in [0.15, 0.2) is 0 Å². The SMILES string of the molecule is O=[N+]([O-])c1ccc(NCCCCCCO)c(Cl)c1. The molecule has 0 atom stereocenters. The van der Waals surface area contributed by atoms with Gasteiger partial charge < -0.3 is 10.4 Å². The van der Waals surface area contributed by atoms with E-state index in [0.717, 1.165) is 32.2 Å². The van der Waals surface area contributed by atoms with E-state index in [4.69, 9.17) is 16.7 Å². The summed E-state index contributed by atoms with van der Waals surface area (Å²) >= 11 is 5.94. The molecule has 0 heterocycles. The van der Waals surface area contributed by atoms with E-state index >= 15 is 0 Å². The van der Waals surface area contributed by atoms with E-state index < -0.39 is 4.92 Å². The first-order valence-corrected chi connectivity index (χ1v) is 6.31. The van der Waals surface area contributed by atoms with Crippen LogP contribution in [0.3, 0.4) is 0 Å². The molecule has 0 bridgehead atoms. The molecule has 100 valence electrons. The van der Waals surface area contributed by atoms with Crippen molar-refractivity contribution in [3.63, 3.8) is 0 Å². The summed E-state index contributed by atoms with van der Waals surface area (Å²) < 4.78 is 0. The number of hydrogen-bond acceptors (Lipinski definition) is 4. The quantitative estimate of drug-likeness (QED) is 0.433. The zero-order valence-electron chi connectivity index (χ0n) is 10.1. The number of halogens is 1. The molecule has 0 aromatic heterocycles. The zero-order chi connectivity index (χ0) is 13.4. The summed E-state index contributed by atoms with van der Waals surface area (Å²) in [6.07, 6.45) is 3.86. The number of nitro benzene ring substituents is 1. The molecule has 0 amide bonds. The molecule has 0 aliphatic heterocycles. The Kier molecular flexibility index (Phi) is 6.46. The normalized spacial score (nSPS) is 10.3. The topological polar surface area (TPSA) is 75.4 Å². The number of aliphatic hydroxyl groups is 1. The lowest BCUT2D eigenvalue weighted by Gasteiger charge is -2.07. The van der Waals surface area contributed by atoms with Gasteiger partial charge in [-0.25, -0.2) is 0 Å². The fourth-order valence-corrected chi connectivity index (χ4v) is 1.82. The van der Waals surface area contributed by atoms with Crippen LogP contribution in [-0.2, 0) is 0 Å². The Morgan fingerprint density at radius 1 is 1.28 bits per heavy atom. The van der Waals surface area contributed by atoms with Crippen molar-refractivity contribution >= 4 is 23.0 Å². The molecule has 0 aliphatic carbocycles. The highest BCUT2D eigenvalue weighted by Gasteiger charge is 2.08. The van der Waals surface area contributed by atoms with Crippen LogP contribution in [0.5, 0.6) is 0 Å². The molecule has 0 saturated carbocycles. The number of aliphatic hydroxyl groups excluding tert-OH is 1. The first-order valence-electron chi connectivity index (χ1n) is 5.94. The fourth-order valence-electron chi connectivity index (χ4n) is 1.57. The number of benzene rings is 1. The van der Waals surface area contributed by atoms with Crippen molar-refractivity contribution < 1.29 is 10.0 Å². The van der Waals surface area contributed by atoms with Gasteiger partial charge in [0.2, 0.25) is 0 Å². The van der Waals surface area contributed by atoms with Crippen LogP contribution in [0, 0.1) is 10.1 Å². The van der Waals surface area contributed by atoms with Crippen LogP contribution in [0.25, 0.3) is 0 Å². The standard InChI is InChI=1S/C12H17ClN2O3/c13-11-9-10(15(17)18)5-6-12(11)14-7-3-1-2-4-8-16/h5-6,9,14,16H,1-4,7-8H2. The predicted molar refractivity (Wildman–Crippen MR) is 72.1 cm³/mol. The van der Waals surface area contributed by atoms with E-state index in [1.165, 1.54) is 12.1 Å². The minimum absolute atomic E-state index is 0.00602. The third kappa shape index (κ3) is 4.89. The maximum atomic E-state index is 10.5. The molecule has 0 unspecified atom stereocenters. The summed E-state index contributed by atoms with van der Waals surface area (Å²) in [5, 5.41) is 22.7. The molecule has 0 radical (unpaired) electrons. The number of nitrogens with one attached hydrogen (secondary N) is 1. The Labute approximate surface area is 111 Å². The second-order valence-corrected chi connectivity index (χ2v) is 4.39. The smallest absolute Gasteiger partial charge is 0.271 e. The van der Waals surface area contributed by atoms with Gasteiger partial charge in [0.05, 0.1) is 15.6 Å². The molecule has 6 heteroatoms. The highest BCUT2D eigenvalue weighted by Crippen LogP contribution is 2.26. The lowest BCUT2D eigenvalue weighted by Crippen LogP contribution is -2.02. The minimum atomic E-state index is -0.468. The molecule has 0 saturated heterocycles. The maximum absolute atomic E-state index is 10.5. The molecule has 1 rings (SSSR count). The van der Waals surface area contributed by atoms with Crippen LogP contribution in [-0.4, -0.2) is 23.2 Å². The number of nitro groups is 1. The molecule has 0 fully saturated rings. The van der Waals surface area contributed by atoms with Crippen LogP contribution < -0.4 is 5.32 Å². The Hall–Kier alpha value is -1.33. The number of unbranched alkanes of at least 4 members (excludes halogenated alkanes) is 3. The summed E-state index contributed by atoms with van der Waals surface area (Å²) in [7, 11) is 0. The minimum Gasteiger partial charge on any atom is -0.396 e. The van der Waals surface area contributed by atoms with Crippen LogP contribution in [0.4, 0.5) is 11.4 Å². The average molecular weight is 273 g/mol. The van der Waals surface area contributed by atoms with Gasteiger partial charge in [-0.15, -0.1) is 0 Å². The monoisotopic (exact) mass is 272 g/mol. The van der Waals surface area contributed by atoms with Gasteiger partial charge in [-0.2, -0.15) is 0 Å². The molecule has 5 nitrogen and oxygen atoms in total. The Balaban J connectivity index is 2.36. The molecule has 0 spiro atoms. The first-order chi connectivity index (χ1) is 8.65. The third-order valence-electron chi connectivity index (χ3n) is 2.56. The van der Waals surface area contributed by atoms with Crippen molar-refractivity contribution in [2.75, 3.05) is 18.5 Å². The third-order valence-corrected chi connectivity index (χ3v) is 2.88.